The van der Waals surface area contributed by atoms with Crippen LogP contribution in [0.2, 0.25) is 0 Å². The Balaban J connectivity index is 1.86. The minimum Gasteiger partial charge on any atom is -0.477 e. The van der Waals surface area contributed by atoms with Gasteiger partial charge in [-0.15, -0.1) is 11.3 Å². The lowest BCUT2D eigenvalue weighted by Crippen LogP contribution is -2.46. The second-order valence-electron chi connectivity index (χ2n) is 7.23. The zero-order valence-electron chi connectivity index (χ0n) is 15.9. The van der Waals surface area contributed by atoms with Gasteiger partial charge in [-0.3, -0.25) is 0 Å². The molecule has 27 heavy (non-hydrogen) atoms. The number of carboxylic acids is 1. The molecule has 0 aliphatic carbocycles. The molecule has 0 spiro atoms. The molecular formula is C19H28N4O3S. The van der Waals surface area contributed by atoms with Crippen molar-refractivity contribution in [1.29, 1.82) is 0 Å². The van der Waals surface area contributed by atoms with E-state index in [9.17, 15) is 15.0 Å². The maximum Gasteiger partial charge on any atom is 0.348 e. The van der Waals surface area contributed by atoms with Gasteiger partial charge in [0, 0.05) is 30.6 Å². The van der Waals surface area contributed by atoms with E-state index in [0.29, 0.717) is 16.6 Å². The summed E-state index contributed by atoms with van der Waals surface area (Å²) in [5.74, 6) is -0.0952. The molecule has 148 valence electrons. The molecule has 0 unspecified atom stereocenters. The number of thiophene rings is 1. The standard InChI is InChI=1S/C19H28N4O3S/c1-3-4-12-9-14(22-18-15(12)16(20)17(27-18)19(25)26)23-7-5-13(6-8-23)21-11(2)10-24/h9,11,13,21,24H,3-8,10,20H2,1-2H3,(H,25,26)/t11-/m0/s1. The third kappa shape index (κ3) is 4.17. The van der Waals surface area contributed by atoms with Crippen molar-refractivity contribution >= 4 is 39.0 Å². The lowest BCUT2D eigenvalue weighted by Gasteiger charge is -2.34. The fraction of sp³-hybridized carbons (Fsp3) is 0.579. The molecule has 1 atom stereocenters. The summed E-state index contributed by atoms with van der Waals surface area (Å²) in [7, 11) is 0. The van der Waals surface area contributed by atoms with Crippen LogP contribution >= 0.6 is 11.3 Å². The lowest BCUT2D eigenvalue weighted by atomic mass is 10.0. The third-order valence-corrected chi connectivity index (χ3v) is 6.18. The number of nitrogens with one attached hydrogen (secondary N) is 1. The molecule has 0 aromatic carbocycles. The molecule has 1 aliphatic rings. The molecule has 3 heterocycles. The number of aromatic nitrogens is 1. The zero-order chi connectivity index (χ0) is 19.6. The number of hydrogen-bond acceptors (Lipinski definition) is 7. The second-order valence-corrected chi connectivity index (χ2v) is 8.23. The van der Waals surface area contributed by atoms with E-state index in [4.69, 9.17) is 10.7 Å². The van der Waals surface area contributed by atoms with Crippen molar-refractivity contribution in [3.8, 4) is 0 Å². The highest BCUT2D eigenvalue weighted by molar-refractivity contribution is 7.21. The Morgan fingerprint density at radius 3 is 2.78 bits per heavy atom. The first-order valence-corrected chi connectivity index (χ1v) is 10.3. The monoisotopic (exact) mass is 392 g/mol. The summed E-state index contributed by atoms with van der Waals surface area (Å²) >= 11 is 1.16. The Morgan fingerprint density at radius 2 is 2.19 bits per heavy atom. The van der Waals surface area contributed by atoms with Crippen molar-refractivity contribution in [2.24, 2.45) is 0 Å². The average Bonchev–Trinajstić information content (AvgIpc) is 2.99. The summed E-state index contributed by atoms with van der Waals surface area (Å²) in [4.78, 5) is 19.4. The van der Waals surface area contributed by atoms with E-state index in [-0.39, 0.29) is 17.5 Å². The highest BCUT2D eigenvalue weighted by Crippen LogP contribution is 2.37. The molecule has 2 aromatic rings. The molecule has 3 rings (SSSR count). The second kappa shape index (κ2) is 8.41. The quantitative estimate of drug-likeness (QED) is 0.573. The number of nitrogens with zero attached hydrogens (tertiary/aromatic N) is 2. The number of hydrogen-bond donors (Lipinski definition) is 4. The van der Waals surface area contributed by atoms with Crippen LogP contribution in [0.25, 0.3) is 10.2 Å². The van der Waals surface area contributed by atoms with Gasteiger partial charge in [-0.2, -0.15) is 0 Å². The molecule has 1 aliphatic heterocycles. The van der Waals surface area contributed by atoms with Crippen LogP contribution in [0.4, 0.5) is 11.5 Å². The van der Waals surface area contributed by atoms with Gasteiger partial charge in [0.05, 0.1) is 12.3 Å². The maximum absolute atomic E-state index is 11.5. The molecule has 0 saturated carbocycles. The summed E-state index contributed by atoms with van der Waals surface area (Å²) in [5.41, 5.74) is 7.54. The van der Waals surface area contributed by atoms with Crippen LogP contribution in [-0.4, -0.2) is 52.9 Å². The number of carbonyl (C=O) groups is 1. The molecule has 8 heteroatoms. The highest BCUT2D eigenvalue weighted by Gasteiger charge is 2.24. The van der Waals surface area contributed by atoms with Crippen molar-refractivity contribution < 1.29 is 15.0 Å². The predicted octanol–water partition coefficient (Wildman–Crippen LogP) is 2.47. The Labute approximate surface area is 163 Å². The number of anilines is 2. The first-order chi connectivity index (χ1) is 12.9. The molecule has 1 fully saturated rings. The van der Waals surface area contributed by atoms with E-state index in [1.165, 1.54) is 0 Å². The number of rotatable bonds is 7. The van der Waals surface area contributed by atoms with E-state index >= 15 is 0 Å². The molecule has 0 radical (unpaired) electrons. The van der Waals surface area contributed by atoms with Crippen LogP contribution in [0.5, 0.6) is 0 Å². The van der Waals surface area contributed by atoms with Crippen LogP contribution in [0.15, 0.2) is 6.07 Å². The largest absolute Gasteiger partial charge is 0.477 e. The van der Waals surface area contributed by atoms with Gasteiger partial charge in [-0.1, -0.05) is 13.3 Å². The number of carboxylic acid groups (broad SMARTS) is 1. The van der Waals surface area contributed by atoms with Gasteiger partial charge in [0.25, 0.3) is 0 Å². The first-order valence-electron chi connectivity index (χ1n) is 9.51. The predicted molar refractivity (Wildman–Crippen MR) is 110 cm³/mol. The fourth-order valence-electron chi connectivity index (χ4n) is 3.70. The van der Waals surface area contributed by atoms with Crippen LogP contribution in [0.1, 0.15) is 48.3 Å². The summed E-state index contributed by atoms with van der Waals surface area (Å²) in [5, 5.41) is 22.9. The van der Waals surface area contributed by atoms with E-state index < -0.39 is 5.97 Å². The maximum atomic E-state index is 11.5. The minimum absolute atomic E-state index is 0.107. The summed E-state index contributed by atoms with van der Waals surface area (Å²) in [6.07, 6.45) is 3.78. The summed E-state index contributed by atoms with van der Waals surface area (Å²) < 4.78 is 0. The van der Waals surface area contributed by atoms with Crippen molar-refractivity contribution in [2.75, 3.05) is 30.3 Å². The SMILES string of the molecule is CCCc1cc(N2CCC(N[C@@H](C)CO)CC2)nc2sc(C(=O)O)c(N)c12. The summed E-state index contributed by atoms with van der Waals surface area (Å²) in [6, 6.07) is 2.58. The summed E-state index contributed by atoms with van der Waals surface area (Å²) in [6.45, 7) is 6.00. The topological polar surface area (TPSA) is 112 Å². The van der Waals surface area contributed by atoms with Crippen LogP contribution in [0.3, 0.4) is 0 Å². The van der Waals surface area contributed by atoms with Crippen molar-refractivity contribution in [3.63, 3.8) is 0 Å². The van der Waals surface area contributed by atoms with Gasteiger partial charge in [0.1, 0.15) is 15.5 Å². The third-order valence-electron chi connectivity index (χ3n) is 5.09. The Morgan fingerprint density at radius 1 is 1.48 bits per heavy atom. The first kappa shape index (κ1) is 19.9. The molecule has 5 N–H and O–H groups in total. The van der Waals surface area contributed by atoms with Crippen LogP contribution in [0, 0.1) is 0 Å². The zero-order valence-corrected chi connectivity index (χ0v) is 16.7. The average molecular weight is 393 g/mol. The number of aliphatic hydroxyl groups is 1. The van der Waals surface area contributed by atoms with Gasteiger partial charge >= 0.3 is 5.97 Å². The Bertz CT molecular complexity index is 815. The van der Waals surface area contributed by atoms with Gasteiger partial charge in [-0.25, -0.2) is 9.78 Å². The number of fused-ring (bicyclic) bond motifs is 1. The van der Waals surface area contributed by atoms with Gasteiger partial charge < -0.3 is 26.2 Å². The van der Waals surface area contributed by atoms with Gasteiger partial charge in [0.2, 0.25) is 0 Å². The molecule has 0 bridgehead atoms. The number of nitrogens with two attached hydrogens (primary N) is 1. The van der Waals surface area contributed by atoms with Crippen molar-refractivity contribution in [3.05, 3.63) is 16.5 Å². The number of piperidine rings is 1. The smallest absolute Gasteiger partial charge is 0.348 e. The number of aryl methyl sites for hydroxylation is 1. The highest BCUT2D eigenvalue weighted by atomic mass is 32.1. The number of aliphatic hydroxyl groups excluding tert-OH is 1. The van der Waals surface area contributed by atoms with Gasteiger partial charge in [-0.05, 0) is 37.8 Å². The molecule has 1 saturated heterocycles. The fourth-order valence-corrected chi connectivity index (χ4v) is 4.68. The number of nitrogen functional groups attached to an aromatic ring is 1. The van der Waals surface area contributed by atoms with E-state index in [2.05, 4.69) is 23.2 Å². The molecule has 0 amide bonds. The van der Waals surface area contributed by atoms with Crippen molar-refractivity contribution in [2.45, 2.75) is 51.6 Å². The van der Waals surface area contributed by atoms with Gasteiger partial charge in [0.15, 0.2) is 0 Å². The Hall–Kier alpha value is -1.90. The molecule has 7 nitrogen and oxygen atoms in total. The van der Waals surface area contributed by atoms with Crippen molar-refractivity contribution in [1.82, 2.24) is 10.3 Å². The van der Waals surface area contributed by atoms with E-state index in [0.717, 1.165) is 66.9 Å². The van der Waals surface area contributed by atoms with E-state index in [1.54, 1.807) is 0 Å². The number of pyridine rings is 1. The minimum atomic E-state index is -0.996. The van der Waals surface area contributed by atoms with E-state index in [1.807, 2.05) is 6.92 Å². The molecular weight excluding hydrogens is 364 g/mol. The normalized spacial score (nSPS) is 16.8. The number of aromatic carboxylic acids is 1. The lowest BCUT2D eigenvalue weighted by molar-refractivity contribution is 0.0703. The Kier molecular flexibility index (Phi) is 6.18. The van der Waals surface area contributed by atoms with Crippen LogP contribution in [-0.2, 0) is 6.42 Å². The molecule has 2 aromatic heterocycles. The van der Waals surface area contributed by atoms with Crippen LogP contribution < -0.4 is 16.0 Å².